The van der Waals surface area contributed by atoms with Crippen LogP contribution in [0.5, 0.6) is 11.5 Å². The minimum absolute atomic E-state index is 0.0357. The van der Waals surface area contributed by atoms with E-state index >= 15 is 0 Å². The van der Waals surface area contributed by atoms with E-state index in [0.717, 1.165) is 16.4 Å². The Kier molecular flexibility index (Phi) is 5.98. The number of carbonyl (C=O) groups is 2. The van der Waals surface area contributed by atoms with Crippen LogP contribution < -0.4 is 14.8 Å². The summed E-state index contributed by atoms with van der Waals surface area (Å²) in [6.45, 7) is 8.55. The number of nitrogens with one attached hydrogen (secondary N) is 1. The van der Waals surface area contributed by atoms with Crippen molar-refractivity contribution < 1.29 is 19.1 Å². The summed E-state index contributed by atoms with van der Waals surface area (Å²) in [4.78, 5) is 25.8. The van der Waals surface area contributed by atoms with Gasteiger partial charge in [-0.25, -0.2) is 0 Å². The highest BCUT2D eigenvalue weighted by Gasteiger charge is 2.22. The molecular formula is C22H25NO4S. The summed E-state index contributed by atoms with van der Waals surface area (Å²) in [6, 6.07) is 12.8. The number of carbonyl (C=O) groups excluding carboxylic acids is 2. The molecule has 1 heterocycles. The van der Waals surface area contributed by atoms with Gasteiger partial charge in [0.15, 0.2) is 17.3 Å². The van der Waals surface area contributed by atoms with Crippen LogP contribution in [0, 0.1) is 5.41 Å². The van der Waals surface area contributed by atoms with Crippen molar-refractivity contribution in [3.63, 3.8) is 0 Å². The fourth-order valence-electron chi connectivity index (χ4n) is 2.63. The molecule has 0 saturated carbocycles. The van der Waals surface area contributed by atoms with Gasteiger partial charge >= 0.3 is 0 Å². The van der Waals surface area contributed by atoms with E-state index in [0.29, 0.717) is 24.5 Å². The lowest BCUT2D eigenvalue weighted by atomic mass is 9.95. The number of ketones is 1. The number of anilines is 1. The highest BCUT2D eigenvalue weighted by Crippen LogP contribution is 2.36. The maximum Gasteiger partial charge on any atom is 0.229 e. The van der Waals surface area contributed by atoms with E-state index in [1.165, 1.54) is 11.8 Å². The van der Waals surface area contributed by atoms with Crippen LogP contribution in [0.2, 0.25) is 0 Å². The monoisotopic (exact) mass is 399 g/mol. The number of hydrogen-bond donors (Lipinski definition) is 1. The second-order valence-electron chi connectivity index (χ2n) is 7.71. The predicted molar refractivity (Wildman–Crippen MR) is 112 cm³/mol. The lowest BCUT2D eigenvalue weighted by Crippen LogP contribution is -2.27. The largest absolute Gasteiger partial charge is 0.486 e. The van der Waals surface area contributed by atoms with Crippen molar-refractivity contribution >= 4 is 29.1 Å². The van der Waals surface area contributed by atoms with Gasteiger partial charge in [-0.15, -0.1) is 11.8 Å². The molecule has 6 heteroatoms. The molecule has 0 spiro atoms. The Morgan fingerprint density at radius 3 is 2.29 bits per heavy atom. The Hall–Kier alpha value is -2.47. The fourth-order valence-corrected chi connectivity index (χ4v) is 3.60. The van der Waals surface area contributed by atoms with Crippen molar-refractivity contribution in [2.75, 3.05) is 18.5 Å². The van der Waals surface area contributed by atoms with Crippen molar-refractivity contribution in [3.8, 4) is 11.5 Å². The maximum absolute atomic E-state index is 12.8. The van der Waals surface area contributed by atoms with Gasteiger partial charge in [-0.2, -0.15) is 0 Å². The molecule has 1 amide bonds. The topological polar surface area (TPSA) is 64.6 Å². The summed E-state index contributed by atoms with van der Waals surface area (Å²) in [5, 5.41) is 2.61. The van der Waals surface area contributed by atoms with Crippen LogP contribution in [0.25, 0.3) is 0 Å². The van der Waals surface area contributed by atoms with Gasteiger partial charge in [0.05, 0.1) is 5.25 Å². The molecule has 0 unspecified atom stereocenters. The minimum Gasteiger partial charge on any atom is -0.486 e. The van der Waals surface area contributed by atoms with Gasteiger partial charge in [-0.1, -0.05) is 20.8 Å². The molecule has 1 atom stereocenters. The third kappa shape index (κ3) is 4.87. The summed E-state index contributed by atoms with van der Waals surface area (Å²) in [6.07, 6.45) is 0. The van der Waals surface area contributed by atoms with Crippen molar-refractivity contribution in [1.82, 2.24) is 0 Å². The highest BCUT2D eigenvalue weighted by molar-refractivity contribution is 8.00. The fraction of sp³-hybridized carbons (Fsp3) is 0.364. The number of fused-ring (bicyclic) bond motifs is 1. The lowest BCUT2D eigenvalue weighted by molar-refractivity contribution is -0.123. The van der Waals surface area contributed by atoms with Crippen molar-refractivity contribution in [2.45, 2.75) is 37.8 Å². The molecule has 1 aliphatic heterocycles. The van der Waals surface area contributed by atoms with Crippen molar-refractivity contribution in [3.05, 3.63) is 48.0 Å². The smallest absolute Gasteiger partial charge is 0.229 e. The van der Waals surface area contributed by atoms with E-state index in [4.69, 9.17) is 9.47 Å². The molecule has 0 radical (unpaired) electrons. The zero-order valence-corrected chi connectivity index (χ0v) is 17.4. The van der Waals surface area contributed by atoms with Crippen LogP contribution >= 0.6 is 11.8 Å². The molecule has 148 valence electrons. The average Bonchev–Trinajstić information content (AvgIpc) is 2.67. The second-order valence-corrected chi connectivity index (χ2v) is 9.13. The molecule has 0 saturated heterocycles. The Balaban J connectivity index is 1.64. The molecule has 28 heavy (non-hydrogen) atoms. The predicted octanol–water partition coefficient (Wildman–Crippen LogP) is 4.81. The van der Waals surface area contributed by atoms with Crippen LogP contribution in [0.4, 0.5) is 5.69 Å². The number of ether oxygens (including phenoxy) is 2. The summed E-state index contributed by atoms with van der Waals surface area (Å²) >= 11 is 1.48. The Morgan fingerprint density at radius 1 is 1.00 bits per heavy atom. The lowest BCUT2D eigenvalue weighted by Gasteiger charge is -2.19. The molecule has 3 rings (SSSR count). The van der Waals surface area contributed by atoms with Crippen molar-refractivity contribution in [1.29, 1.82) is 0 Å². The Labute approximate surface area is 169 Å². The van der Waals surface area contributed by atoms with Crippen LogP contribution in [0.15, 0.2) is 47.4 Å². The van der Waals surface area contributed by atoms with E-state index in [1.807, 2.05) is 45.9 Å². The Morgan fingerprint density at radius 2 is 1.64 bits per heavy atom. The summed E-state index contributed by atoms with van der Waals surface area (Å²) in [5.74, 6) is 1.43. The number of thioether (sulfide) groups is 1. The van der Waals surface area contributed by atoms with E-state index in [-0.39, 0.29) is 16.9 Å². The first-order chi connectivity index (χ1) is 13.2. The molecule has 1 N–H and O–H groups in total. The highest BCUT2D eigenvalue weighted by atomic mass is 32.2. The average molecular weight is 400 g/mol. The van der Waals surface area contributed by atoms with E-state index in [1.54, 1.807) is 24.3 Å². The maximum atomic E-state index is 12.8. The van der Waals surface area contributed by atoms with Gasteiger partial charge < -0.3 is 14.8 Å². The minimum atomic E-state index is -0.469. The molecule has 2 aromatic rings. The summed E-state index contributed by atoms with van der Waals surface area (Å²) < 4.78 is 11.1. The standard InChI is InChI=1S/C22H25NO4S/c1-14(28-17-9-10-18-19(13-17)27-12-11-26-18)20(24)15-5-7-16(8-6-15)23-21(25)22(2,3)4/h5-10,13-14H,11-12H2,1-4H3,(H,23,25)/t14-/m0/s1. The number of amides is 1. The molecule has 2 aromatic carbocycles. The van der Waals surface area contributed by atoms with Crippen LogP contribution in [0.3, 0.4) is 0 Å². The SMILES string of the molecule is C[C@H](Sc1ccc2c(c1)OCCO2)C(=O)c1ccc(NC(=O)C(C)(C)C)cc1. The quantitative estimate of drug-likeness (QED) is 0.578. The third-order valence-electron chi connectivity index (χ3n) is 4.30. The first kappa shape index (κ1) is 20.3. The van der Waals surface area contributed by atoms with Gasteiger partial charge in [0.25, 0.3) is 0 Å². The van der Waals surface area contributed by atoms with Gasteiger partial charge in [0, 0.05) is 21.6 Å². The normalized spacial score (nSPS) is 14.3. The van der Waals surface area contributed by atoms with Gasteiger partial charge in [0.1, 0.15) is 13.2 Å². The van der Waals surface area contributed by atoms with Gasteiger partial charge in [0.2, 0.25) is 5.91 Å². The van der Waals surface area contributed by atoms with E-state index < -0.39 is 5.41 Å². The number of Topliss-reactive ketones (excluding diaryl/α,β-unsaturated/α-hetero) is 1. The second kappa shape index (κ2) is 8.27. The zero-order chi connectivity index (χ0) is 20.3. The number of rotatable bonds is 5. The van der Waals surface area contributed by atoms with Crippen LogP contribution in [0.1, 0.15) is 38.1 Å². The molecule has 0 bridgehead atoms. The summed E-state index contributed by atoms with van der Waals surface area (Å²) in [7, 11) is 0. The molecule has 0 aromatic heterocycles. The summed E-state index contributed by atoms with van der Waals surface area (Å²) in [5.41, 5.74) is 0.832. The molecule has 5 nitrogen and oxygen atoms in total. The van der Waals surface area contributed by atoms with Gasteiger partial charge in [-0.05, 0) is 49.4 Å². The first-order valence-corrected chi connectivity index (χ1v) is 10.1. The van der Waals surface area contributed by atoms with Crippen LogP contribution in [-0.2, 0) is 4.79 Å². The zero-order valence-electron chi connectivity index (χ0n) is 16.6. The van der Waals surface area contributed by atoms with Crippen molar-refractivity contribution in [2.24, 2.45) is 5.41 Å². The van der Waals surface area contributed by atoms with Gasteiger partial charge in [-0.3, -0.25) is 9.59 Å². The molecule has 0 fully saturated rings. The number of hydrogen-bond acceptors (Lipinski definition) is 5. The van der Waals surface area contributed by atoms with Crippen LogP contribution in [-0.4, -0.2) is 30.2 Å². The van der Waals surface area contributed by atoms with E-state index in [2.05, 4.69) is 5.32 Å². The Bertz CT molecular complexity index is 871. The first-order valence-electron chi connectivity index (χ1n) is 9.26. The molecule has 1 aliphatic rings. The van der Waals surface area contributed by atoms with E-state index in [9.17, 15) is 9.59 Å². The molecule has 0 aliphatic carbocycles. The third-order valence-corrected chi connectivity index (χ3v) is 5.40. The number of benzene rings is 2. The molecular weight excluding hydrogens is 374 g/mol.